The van der Waals surface area contributed by atoms with E-state index in [9.17, 15) is 8.42 Å². The second-order valence-corrected chi connectivity index (χ2v) is 9.14. The van der Waals surface area contributed by atoms with Crippen molar-refractivity contribution in [1.82, 2.24) is 9.97 Å². The van der Waals surface area contributed by atoms with E-state index < -0.39 is 15.3 Å². The molecule has 0 spiro atoms. The topological polar surface area (TPSA) is 109 Å². The Kier molecular flexibility index (Phi) is 6.12. The molecule has 31 heavy (non-hydrogen) atoms. The van der Waals surface area contributed by atoms with Crippen LogP contribution in [0.4, 0.5) is 5.82 Å². The summed E-state index contributed by atoms with van der Waals surface area (Å²) >= 11 is 12.4. The van der Waals surface area contributed by atoms with Gasteiger partial charge in [-0.05, 0) is 18.2 Å². The fraction of sp³-hybridized carbons (Fsp3) is 0.263. The number of nitrogens with zero attached hydrogens (tertiary/aromatic N) is 2. The van der Waals surface area contributed by atoms with Crippen molar-refractivity contribution < 1.29 is 27.4 Å². The number of benzene rings is 1. The first-order valence-electron chi connectivity index (χ1n) is 9.08. The van der Waals surface area contributed by atoms with Crippen molar-refractivity contribution in [2.75, 3.05) is 25.0 Å². The first kappa shape index (κ1) is 21.5. The lowest BCUT2D eigenvalue weighted by Crippen LogP contribution is -2.30. The molecule has 1 aliphatic carbocycles. The van der Waals surface area contributed by atoms with Crippen LogP contribution in [0, 0.1) is 0 Å². The average molecular weight is 486 g/mol. The molecular weight excluding hydrogens is 469 g/mol. The lowest BCUT2D eigenvalue weighted by molar-refractivity contribution is 0.0633. The molecule has 2 aromatic rings. The maximum atomic E-state index is 13.0. The number of anilines is 1. The van der Waals surface area contributed by atoms with Crippen molar-refractivity contribution >= 4 is 39.0 Å². The van der Waals surface area contributed by atoms with Gasteiger partial charge in [-0.25, -0.2) is 18.4 Å². The van der Waals surface area contributed by atoms with Crippen LogP contribution in [0.5, 0.6) is 17.2 Å². The molecule has 0 saturated carbocycles. The van der Waals surface area contributed by atoms with Gasteiger partial charge in [0.25, 0.3) is 0 Å². The molecular formula is C19H17Cl2N3O6S. The summed E-state index contributed by atoms with van der Waals surface area (Å²) < 4.78 is 50.4. The van der Waals surface area contributed by atoms with Crippen molar-refractivity contribution in [1.29, 1.82) is 0 Å². The van der Waals surface area contributed by atoms with E-state index in [1.54, 1.807) is 18.2 Å². The fourth-order valence-electron chi connectivity index (χ4n) is 2.95. The van der Waals surface area contributed by atoms with E-state index in [2.05, 4.69) is 14.7 Å². The zero-order valence-corrected chi connectivity index (χ0v) is 18.5. The molecule has 2 heterocycles. The molecule has 0 radical (unpaired) electrons. The van der Waals surface area contributed by atoms with E-state index in [1.165, 1.54) is 19.3 Å². The highest BCUT2D eigenvalue weighted by atomic mass is 35.5. The second kappa shape index (κ2) is 8.81. The maximum absolute atomic E-state index is 13.0. The Labute approximate surface area is 188 Å². The van der Waals surface area contributed by atoms with E-state index in [4.69, 9.17) is 42.1 Å². The summed E-state index contributed by atoms with van der Waals surface area (Å²) in [6, 6.07) is 4.75. The minimum absolute atomic E-state index is 0.0974. The molecule has 1 aromatic carbocycles. The summed E-state index contributed by atoms with van der Waals surface area (Å²) in [5.41, 5.74) is 0. The lowest BCUT2D eigenvalue weighted by atomic mass is 10.1. The fourth-order valence-corrected chi connectivity index (χ4v) is 4.50. The van der Waals surface area contributed by atoms with E-state index in [0.29, 0.717) is 30.5 Å². The second-order valence-electron chi connectivity index (χ2n) is 6.47. The quantitative estimate of drug-likeness (QED) is 0.613. The van der Waals surface area contributed by atoms with Gasteiger partial charge in [0.05, 0.1) is 12.1 Å². The smallest absolute Gasteiger partial charge is 0.240 e. The van der Waals surface area contributed by atoms with Gasteiger partial charge < -0.3 is 18.9 Å². The van der Waals surface area contributed by atoms with Crippen molar-refractivity contribution in [2.24, 2.45) is 0 Å². The summed E-state index contributed by atoms with van der Waals surface area (Å²) in [7, 11) is -2.44. The van der Waals surface area contributed by atoms with Crippen LogP contribution in [-0.4, -0.2) is 44.0 Å². The van der Waals surface area contributed by atoms with Crippen molar-refractivity contribution in [3.05, 3.63) is 58.4 Å². The molecule has 1 aromatic heterocycles. The molecule has 1 aliphatic heterocycles. The van der Waals surface area contributed by atoms with E-state index in [0.717, 1.165) is 6.33 Å². The maximum Gasteiger partial charge on any atom is 0.240 e. The number of rotatable bonds is 6. The summed E-state index contributed by atoms with van der Waals surface area (Å²) in [5, 5.41) is -0.742. The Morgan fingerprint density at radius 1 is 1.19 bits per heavy atom. The Morgan fingerprint density at radius 3 is 2.81 bits per heavy atom. The molecule has 9 nitrogen and oxygen atoms in total. The largest absolute Gasteiger partial charge is 0.497 e. The summed E-state index contributed by atoms with van der Waals surface area (Å²) in [6.07, 6.45) is 4.36. The molecule has 0 saturated heterocycles. The predicted molar refractivity (Wildman–Crippen MR) is 114 cm³/mol. The Morgan fingerprint density at radius 2 is 2.00 bits per heavy atom. The third-order valence-corrected chi connectivity index (χ3v) is 6.67. The summed E-state index contributed by atoms with van der Waals surface area (Å²) in [6.45, 7) is 0.791. The SMILES string of the molecule is COc1ccc(Cl)c(Oc2c(Cl)ncnc2NS(=O)(=O)C2C=CC3=C(C2)OCCO3)c1. The number of hydrogen-bond donors (Lipinski definition) is 1. The van der Waals surface area contributed by atoms with Crippen LogP contribution in [0.25, 0.3) is 0 Å². The van der Waals surface area contributed by atoms with Gasteiger partial charge in [-0.2, -0.15) is 0 Å². The number of hydrogen-bond acceptors (Lipinski definition) is 8. The van der Waals surface area contributed by atoms with E-state index >= 15 is 0 Å². The Hall–Kier alpha value is -2.69. The van der Waals surface area contributed by atoms with Gasteiger partial charge in [-0.3, -0.25) is 4.72 Å². The molecule has 4 rings (SSSR count). The van der Waals surface area contributed by atoms with E-state index in [-0.39, 0.29) is 33.9 Å². The summed E-state index contributed by atoms with van der Waals surface area (Å²) in [5.74, 6) is 1.48. The third-order valence-electron chi connectivity index (χ3n) is 4.49. The van der Waals surface area contributed by atoms with Gasteiger partial charge in [-0.15, -0.1) is 0 Å². The van der Waals surface area contributed by atoms with Gasteiger partial charge in [0.2, 0.25) is 15.8 Å². The first-order chi connectivity index (χ1) is 14.9. The van der Waals surface area contributed by atoms with Crippen LogP contribution in [-0.2, 0) is 19.5 Å². The van der Waals surface area contributed by atoms with E-state index in [1.807, 2.05) is 0 Å². The lowest BCUT2D eigenvalue weighted by Gasteiger charge is -2.26. The number of ether oxygens (including phenoxy) is 4. The normalized spacial score (nSPS) is 18.0. The average Bonchev–Trinajstić information content (AvgIpc) is 2.77. The number of sulfonamides is 1. The molecule has 0 fully saturated rings. The van der Waals surface area contributed by atoms with Crippen LogP contribution in [0.3, 0.4) is 0 Å². The Bertz CT molecular complexity index is 1170. The third kappa shape index (κ3) is 4.65. The van der Waals surface area contributed by atoms with Gasteiger partial charge in [0.15, 0.2) is 16.7 Å². The standard InChI is InChI=1S/C19H17Cl2N3O6S/c1-27-11-2-4-13(20)15(8-11)30-17-18(21)22-10-23-19(17)24-31(25,26)12-3-5-14-16(9-12)29-7-6-28-14/h2-5,8,10,12H,6-7,9H2,1H3,(H,22,23,24). The van der Waals surface area contributed by atoms with Crippen LogP contribution in [0.15, 0.2) is 48.2 Å². The predicted octanol–water partition coefficient (Wildman–Crippen LogP) is 3.91. The number of methoxy groups -OCH3 is 1. The molecule has 1 atom stereocenters. The minimum atomic E-state index is -3.93. The van der Waals surface area contributed by atoms with Gasteiger partial charge in [-0.1, -0.05) is 29.3 Å². The molecule has 2 aliphatic rings. The molecule has 0 amide bonds. The first-order valence-corrected chi connectivity index (χ1v) is 11.4. The zero-order chi connectivity index (χ0) is 22.0. The van der Waals surface area contributed by atoms with Crippen LogP contribution < -0.4 is 14.2 Å². The highest BCUT2D eigenvalue weighted by Crippen LogP contribution is 2.39. The minimum Gasteiger partial charge on any atom is -0.497 e. The Balaban J connectivity index is 1.60. The monoisotopic (exact) mass is 485 g/mol. The molecule has 164 valence electrons. The molecule has 1 unspecified atom stereocenters. The molecule has 12 heteroatoms. The van der Waals surface area contributed by atoms with Gasteiger partial charge in [0, 0.05) is 12.5 Å². The van der Waals surface area contributed by atoms with Crippen molar-refractivity contribution in [2.45, 2.75) is 11.7 Å². The number of allylic oxidation sites excluding steroid dienone is 2. The number of aromatic nitrogens is 2. The molecule has 0 bridgehead atoms. The van der Waals surface area contributed by atoms with Crippen LogP contribution >= 0.6 is 23.2 Å². The zero-order valence-electron chi connectivity index (χ0n) is 16.2. The van der Waals surface area contributed by atoms with Gasteiger partial charge >= 0.3 is 0 Å². The number of nitrogens with one attached hydrogen (secondary N) is 1. The summed E-state index contributed by atoms with van der Waals surface area (Å²) in [4.78, 5) is 7.86. The van der Waals surface area contributed by atoms with Crippen LogP contribution in [0.2, 0.25) is 10.2 Å². The number of halogens is 2. The van der Waals surface area contributed by atoms with Crippen molar-refractivity contribution in [3.8, 4) is 17.2 Å². The van der Waals surface area contributed by atoms with Crippen LogP contribution in [0.1, 0.15) is 6.42 Å². The van der Waals surface area contributed by atoms with Crippen molar-refractivity contribution in [3.63, 3.8) is 0 Å². The highest BCUT2D eigenvalue weighted by Gasteiger charge is 2.32. The highest BCUT2D eigenvalue weighted by molar-refractivity contribution is 7.93. The molecule has 1 N–H and O–H groups in total. The van der Waals surface area contributed by atoms with Gasteiger partial charge in [0.1, 0.15) is 42.0 Å².